The average Bonchev–Trinajstić information content (AvgIpc) is 3.13. The maximum atomic E-state index is 13.7. The van der Waals surface area contributed by atoms with E-state index in [-0.39, 0.29) is 17.5 Å². The molecule has 128 valence electrons. The van der Waals surface area contributed by atoms with Crippen LogP contribution in [0.25, 0.3) is 10.9 Å². The molecule has 3 aromatic rings. The minimum Gasteiger partial charge on any atom is -0.301 e. The van der Waals surface area contributed by atoms with Gasteiger partial charge in [-0.1, -0.05) is 11.8 Å². The third kappa shape index (κ3) is 3.52. The zero-order valence-electron chi connectivity index (χ0n) is 13.4. The summed E-state index contributed by atoms with van der Waals surface area (Å²) in [6, 6.07) is 4.74. The predicted octanol–water partition coefficient (Wildman–Crippen LogP) is 4.44. The number of aromatic nitrogens is 2. The van der Waals surface area contributed by atoms with Crippen LogP contribution in [0.4, 0.5) is 9.52 Å². The molecule has 0 aliphatic heterocycles. The van der Waals surface area contributed by atoms with Crippen LogP contribution in [0.3, 0.4) is 0 Å². The van der Waals surface area contributed by atoms with Crippen molar-refractivity contribution in [3.05, 3.63) is 46.7 Å². The fourth-order valence-electron chi connectivity index (χ4n) is 3.16. The van der Waals surface area contributed by atoms with Crippen LogP contribution in [0, 0.1) is 5.82 Å². The summed E-state index contributed by atoms with van der Waals surface area (Å²) in [4.78, 5) is 20.9. The van der Waals surface area contributed by atoms with Gasteiger partial charge in [-0.15, -0.1) is 11.3 Å². The lowest BCUT2D eigenvalue weighted by Gasteiger charge is -2.20. The number of carbonyl (C=O) groups excluding carboxylic acids is 1. The van der Waals surface area contributed by atoms with Crippen molar-refractivity contribution in [3.8, 4) is 0 Å². The number of nitrogens with one attached hydrogen (secondary N) is 1. The third-order valence-electron chi connectivity index (χ3n) is 4.25. The fraction of sp³-hybridized carbons (Fsp3) is 0.278. The van der Waals surface area contributed by atoms with Gasteiger partial charge in [0.2, 0.25) is 5.91 Å². The van der Waals surface area contributed by atoms with Gasteiger partial charge in [-0.25, -0.2) is 14.4 Å². The Balaban J connectivity index is 1.60. The lowest BCUT2D eigenvalue weighted by atomic mass is 9.90. The average molecular weight is 373 g/mol. The second-order valence-electron chi connectivity index (χ2n) is 5.92. The van der Waals surface area contributed by atoms with E-state index in [4.69, 9.17) is 4.98 Å². The molecule has 25 heavy (non-hydrogen) atoms. The second-order valence-corrected chi connectivity index (χ2v) is 7.78. The second kappa shape index (κ2) is 7.09. The zero-order chi connectivity index (χ0) is 17.2. The van der Waals surface area contributed by atoms with Gasteiger partial charge in [-0.3, -0.25) is 4.79 Å². The highest BCUT2D eigenvalue weighted by molar-refractivity contribution is 8.00. The first kappa shape index (κ1) is 16.5. The molecule has 0 unspecified atom stereocenters. The van der Waals surface area contributed by atoms with E-state index in [0.29, 0.717) is 5.13 Å². The number of fused-ring (bicyclic) bond motifs is 3. The number of anilines is 1. The van der Waals surface area contributed by atoms with Crippen molar-refractivity contribution in [2.45, 2.75) is 30.7 Å². The lowest BCUT2D eigenvalue weighted by molar-refractivity contribution is -0.113. The van der Waals surface area contributed by atoms with E-state index in [9.17, 15) is 9.18 Å². The molecular weight excluding hydrogens is 357 g/mol. The van der Waals surface area contributed by atoms with Crippen LogP contribution in [0.1, 0.15) is 24.0 Å². The highest BCUT2D eigenvalue weighted by atomic mass is 32.2. The SMILES string of the molecule is O=C(CSc1nc2ccc(F)cc2c2c1CCCC2)Nc1nccs1. The number of aryl methyl sites for hydroxylation is 1. The maximum absolute atomic E-state index is 13.7. The summed E-state index contributed by atoms with van der Waals surface area (Å²) in [6.07, 6.45) is 5.75. The number of benzene rings is 1. The zero-order valence-corrected chi connectivity index (χ0v) is 15.1. The number of thiazole rings is 1. The Bertz CT molecular complexity index is 928. The third-order valence-corrected chi connectivity index (χ3v) is 5.96. The molecule has 1 aromatic carbocycles. The van der Waals surface area contributed by atoms with Crippen LogP contribution in [-0.4, -0.2) is 21.6 Å². The van der Waals surface area contributed by atoms with Crippen molar-refractivity contribution < 1.29 is 9.18 Å². The molecule has 0 bridgehead atoms. The van der Waals surface area contributed by atoms with E-state index in [0.717, 1.165) is 41.6 Å². The maximum Gasteiger partial charge on any atom is 0.236 e. The van der Waals surface area contributed by atoms with Gasteiger partial charge in [0, 0.05) is 17.0 Å². The Morgan fingerprint density at radius 3 is 2.92 bits per heavy atom. The van der Waals surface area contributed by atoms with Gasteiger partial charge in [0.25, 0.3) is 0 Å². The molecule has 0 saturated carbocycles. The Kier molecular flexibility index (Phi) is 4.67. The minimum atomic E-state index is -0.231. The lowest BCUT2D eigenvalue weighted by Crippen LogP contribution is -2.15. The number of amides is 1. The first-order valence-corrected chi connectivity index (χ1v) is 10.0. The Morgan fingerprint density at radius 2 is 2.12 bits per heavy atom. The molecule has 0 saturated heterocycles. The van der Waals surface area contributed by atoms with E-state index in [2.05, 4.69) is 10.3 Å². The molecule has 0 spiro atoms. The van der Waals surface area contributed by atoms with E-state index in [1.54, 1.807) is 18.3 Å². The summed E-state index contributed by atoms with van der Waals surface area (Å²) in [5.74, 6) is -0.0399. The largest absolute Gasteiger partial charge is 0.301 e. The van der Waals surface area contributed by atoms with Gasteiger partial charge >= 0.3 is 0 Å². The van der Waals surface area contributed by atoms with Crippen molar-refractivity contribution in [1.29, 1.82) is 0 Å². The van der Waals surface area contributed by atoms with Crippen LogP contribution >= 0.6 is 23.1 Å². The van der Waals surface area contributed by atoms with Crippen LogP contribution < -0.4 is 5.32 Å². The number of thioether (sulfide) groups is 1. The quantitative estimate of drug-likeness (QED) is 0.687. The molecule has 2 aromatic heterocycles. The summed E-state index contributed by atoms with van der Waals surface area (Å²) < 4.78 is 13.7. The smallest absolute Gasteiger partial charge is 0.236 e. The topological polar surface area (TPSA) is 54.9 Å². The molecule has 0 atom stereocenters. The number of rotatable bonds is 4. The van der Waals surface area contributed by atoms with Crippen LogP contribution in [0.15, 0.2) is 34.8 Å². The number of hydrogen-bond donors (Lipinski definition) is 1. The Labute approximate surface area is 152 Å². The fourth-order valence-corrected chi connectivity index (χ4v) is 4.60. The summed E-state index contributed by atoms with van der Waals surface area (Å²) in [6.45, 7) is 0. The van der Waals surface area contributed by atoms with Gasteiger partial charge < -0.3 is 5.32 Å². The predicted molar refractivity (Wildman–Crippen MR) is 99.8 cm³/mol. The number of carbonyl (C=O) groups is 1. The molecule has 1 aliphatic rings. The summed E-state index contributed by atoms with van der Waals surface area (Å²) in [5, 5.41) is 7.02. The minimum absolute atomic E-state index is 0.0921. The van der Waals surface area contributed by atoms with E-state index in [1.165, 1.54) is 40.3 Å². The standard InChI is InChI=1S/C18H16FN3OS2/c19-11-5-6-15-14(9-11)12-3-1-2-4-13(12)17(21-15)25-10-16(23)22-18-20-7-8-24-18/h5-9H,1-4,10H2,(H,20,22,23). The van der Waals surface area contributed by atoms with Gasteiger partial charge in [0.15, 0.2) is 5.13 Å². The summed E-state index contributed by atoms with van der Waals surface area (Å²) >= 11 is 2.84. The normalized spacial score (nSPS) is 13.6. The monoisotopic (exact) mass is 373 g/mol. The molecule has 1 amide bonds. The van der Waals surface area contributed by atoms with Gasteiger partial charge in [0.05, 0.1) is 11.3 Å². The first-order valence-electron chi connectivity index (χ1n) is 8.14. The van der Waals surface area contributed by atoms with Crippen molar-refractivity contribution in [2.75, 3.05) is 11.1 Å². The highest BCUT2D eigenvalue weighted by Gasteiger charge is 2.19. The van der Waals surface area contributed by atoms with Gasteiger partial charge in [0.1, 0.15) is 10.8 Å². The summed E-state index contributed by atoms with van der Waals surface area (Å²) in [7, 11) is 0. The molecule has 1 aliphatic carbocycles. The Hall–Kier alpha value is -1.99. The molecule has 7 heteroatoms. The van der Waals surface area contributed by atoms with Crippen molar-refractivity contribution in [3.63, 3.8) is 0 Å². The molecule has 4 nitrogen and oxygen atoms in total. The molecule has 4 rings (SSSR count). The number of hydrogen-bond acceptors (Lipinski definition) is 5. The highest BCUT2D eigenvalue weighted by Crippen LogP contribution is 2.35. The van der Waals surface area contributed by atoms with Crippen molar-refractivity contribution in [1.82, 2.24) is 9.97 Å². The molecule has 1 N–H and O–H groups in total. The van der Waals surface area contributed by atoms with Crippen molar-refractivity contribution in [2.24, 2.45) is 0 Å². The van der Waals surface area contributed by atoms with E-state index in [1.807, 2.05) is 5.38 Å². The number of nitrogens with zero attached hydrogens (tertiary/aromatic N) is 2. The van der Waals surface area contributed by atoms with Crippen LogP contribution in [-0.2, 0) is 17.6 Å². The molecular formula is C18H16FN3OS2. The molecule has 0 fully saturated rings. The molecule has 0 radical (unpaired) electrons. The van der Waals surface area contributed by atoms with Crippen molar-refractivity contribution >= 4 is 45.0 Å². The number of pyridine rings is 1. The van der Waals surface area contributed by atoms with Crippen LogP contribution in [0.2, 0.25) is 0 Å². The number of halogens is 1. The van der Waals surface area contributed by atoms with Gasteiger partial charge in [-0.2, -0.15) is 0 Å². The van der Waals surface area contributed by atoms with E-state index >= 15 is 0 Å². The Morgan fingerprint density at radius 1 is 1.28 bits per heavy atom. The van der Waals surface area contributed by atoms with Gasteiger partial charge in [-0.05, 0) is 55.0 Å². The summed E-state index contributed by atoms with van der Waals surface area (Å²) in [5.41, 5.74) is 3.17. The van der Waals surface area contributed by atoms with Crippen LogP contribution in [0.5, 0.6) is 0 Å². The first-order chi connectivity index (χ1) is 12.2. The van der Waals surface area contributed by atoms with E-state index < -0.39 is 0 Å². The molecule has 2 heterocycles.